The summed E-state index contributed by atoms with van der Waals surface area (Å²) in [5.41, 5.74) is -0.458. The van der Waals surface area contributed by atoms with E-state index < -0.39 is 23.3 Å². The number of hydrogen-bond acceptors (Lipinski definition) is 3. The number of rotatable bonds is 6. The van der Waals surface area contributed by atoms with E-state index in [1.54, 1.807) is 42.5 Å². The van der Waals surface area contributed by atoms with Gasteiger partial charge in [0.1, 0.15) is 5.54 Å². The monoisotopic (exact) mass is 520 g/mol. The van der Waals surface area contributed by atoms with Gasteiger partial charge in [-0.3, -0.25) is 4.98 Å². The summed E-state index contributed by atoms with van der Waals surface area (Å²) in [4.78, 5) is 17.7. The molecule has 1 heterocycles. The van der Waals surface area contributed by atoms with Gasteiger partial charge in [-0.05, 0) is 53.6 Å². The third kappa shape index (κ3) is 6.08. The molecule has 9 heteroatoms. The van der Waals surface area contributed by atoms with Gasteiger partial charge in [0.15, 0.2) is 0 Å². The second kappa shape index (κ2) is 10.7. The fraction of sp³-hybridized carbons (Fsp3) is 0.107. The van der Waals surface area contributed by atoms with Crippen LogP contribution in [0.2, 0.25) is 5.02 Å². The van der Waals surface area contributed by atoms with E-state index in [1.165, 1.54) is 24.4 Å². The van der Waals surface area contributed by atoms with Crippen LogP contribution in [0, 0.1) is 11.3 Å². The van der Waals surface area contributed by atoms with Crippen molar-refractivity contribution in [2.75, 3.05) is 5.32 Å². The number of nitrogens with zero attached hydrogens (tertiary/aromatic N) is 2. The molecule has 1 aromatic heterocycles. The van der Waals surface area contributed by atoms with Crippen molar-refractivity contribution in [1.29, 1.82) is 5.26 Å². The zero-order valence-electron chi connectivity index (χ0n) is 19.3. The Hall–Kier alpha value is -4.35. The summed E-state index contributed by atoms with van der Waals surface area (Å²) < 4.78 is 41.1. The molecule has 0 saturated carbocycles. The molecular formula is C28H20ClF3N4O. The molecule has 4 rings (SSSR count). The average Bonchev–Trinajstić information content (AvgIpc) is 2.89. The molecule has 186 valence electrons. The maximum absolute atomic E-state index is 13.7. The van der Waals surface area contributed by atoms with E-state index in [9.17, 15) is 18.0 Å². The molecule has 37 heavy (non-hydrogen) atoms. The van der Waals surface area contributed by atoms with E-state index in [4.69, 9.17) is 16.9 Å². The van der Waals surface area contributed by atoms with E-state index in [1.807, 2.05) is 24.3 Å². The van der Waals surface area contributed by atoms with E-state index >= 15 is 0 Å². The molecule has 2 amide bonds. The molecule has 3 aromatic carbocycles. The number of nitrogens with one attached hydrogen (secondary N) is 2. The number of anilines is 1. The zero-order valence-corrected chi connectivity index (χ0v) is 20.0. The summed E-state index contributed by atoms with van der Waals surface area (Å²) in [6.07, 6.45) is -3.13. The molecule has 0 aliphatic carbocycles. The SMILES string of the molecule is N#Cc1cccc(NC(=O)NC(Cc2ccccc2)(c2cccc(C(F)(F)F)c2)c2ccc(Cl)cn2)c1. The van der Waals surface area contributed by atoms with Crippen LogP contribution >= 0.6 is 11.6 Å². The van der Waals surface area contributed by atoms with Gasteiger partial charge in [0.25, 0.3) is 0 Å². The van der Waals surface area contributed by atoms with Crippen molar-refractivity contribution in [1.82, 2.24) is 10.3 Å². The average molecular weight is 521 g/mol. The lowest BCUT2D eigenvalue weighted by atomic mass is 9.80. The third-order valence-corrected chi connectivity index (χ3v) is 5.96. The summed E-state index contributed by atoms with van der Waals surface area (Å²) in [6.45, 7) is 0. The van der Waals surface area contributed by atoms with E-state index in [0.29, 0.717) is 22.0 Å². The van der Waals surface area contributed by atoms with Crippen molar-refractivity contribution in [3.8, 4) is 6.07 Å². The lowest BCUT2D eigenvalue weighted by Gasteiger charge is -2.36. The quantitative estimate of drug-likeness (QED) is 0.289. The molecule has 5 nitrogen and oxygen atoms in total. The fourth-order valence-corrected chi connectivity index (χ4v) is 4.15. The summed E-state index contributed by atoms with van der Waals surface area (Å²) in [5, 5.41) is 15.1. The predicted octanol–water partition coefficient (Wildman–Crippen LogP) is 6.93. The number of hydrogen-bond donors (Lipinski definition) is 2. The molecule has 1 atom stereocenters. The zero-order chi connectivity index (χ0) is 26.5. The van der Waals surface area contributed by atoms with Crippen LogP contribution in [0.4, 0.5) is 23.7 Å². The van der Waals surface area contributed by atoms with Crippen LogP contribution in [-0.4, -0.2) is 11.0 Å². The van der Waals surface area contributed by atoms with Crippen molar-refractivity contribution < 1.29 is 18.0 Å². The van der Waals surface area contributed by atoms with Gasteiger partial charge in [-0.15, -0.1) is 0 Å². The van der Waals surface area contributed by atoms with Crippen molar-refractivity contribution in [3.05, 3.63) is 130 Å². The number of benzene rings is 3. The van der Waals surface area contributed by atoms with Gasteiger partial charge in [-0.1, -0.05) is 60.1 Å². The number of carbonyl (C=O) groups is 1. The van der Waals surface area contributed by atoms with Crippen LogP contribution in [0.3, 0.4) is 0 Å². The Morgan fingerprint density at radius 2 is 1.65 bits per heavy atom. The minimum atomic E-state index is -4.60. The second-order valence-corrected chi connectivity index (χ2v) is 8.72. The highest BCUT2D eigenvalue weighted by Crippen LogP contribution is 2.37. The van der Waals surface area contributed by atoms with Crippen LogP contribution < -0.4 is 10.6 Å². The second-order valence-electron chi connectivity index (χ2n) is 8.28. The van der Waals surface area contributed by atoms with Crippen molar-refractivity contribution >= 4 is 23.3 Å². The van der Waals surface area contributed by atoms with Crippen LogP contribution in [-0.2, 0) is 18.1 Å². The van der Waals surface area contributed by atoms with Crippen molar-refractivity contribution in [3.63, 3.8) is 0 Å². The maximum Gasteiger partial charge on any atom is 0.416 e. The highest BCUT2D eigenvalue weighted by molar-refractivity contribution is 6.30. The number of aromatic nitrogens is 1. The fourth-order valence-electron chi connectivity index (χ4n) is 4.03. The molecule has 0 saturated heterocycles. The van der Waals surface area contributed by atoms with Gasteiger partial charge in [0.2, 0.25) is 0 Å². The van der Waals surface area contributed by atoms with Gasteiger partial charge >= 0.3 is 12.2 Å². The van der Waals surface area contributed by atoms with Crippen LogP contribution in [0.5, 0.6) is 0 Å². The highest BCUT2D eigenvalue weighted by atomic mass is 35.5. The smallest absolute Gasteiger partial charge is 0.322 e. The molecule has 1 unspecified atom stereocenters. The van der Waals surface area contributed by atoms with Gasteiger partial charge in [-0.25, -0.2) is 4.79 Å². The molecule has 0 aliphatic rings. The van der Waals surface area contributed by atoms with Crippen molar-refractivity contribution in [2.24, 2.45) is 0 Å². The minimum absolute atomic E-state index is 0.0927. The number of alkyl halides is 3. The molecule has 4 aromatic rings. The summed E-state index contributed by atoms with van der Waals surface area (Å²) in [6, 6.07) is 24.6. The lowest BCUT2D eigenvalue weighted by molar-refractivity contribution is -0.137. The molecule has 0 spiro atoms. The standard InChI is InChI=1S/C28H20ClF3N4O/c29-23-12-13-25(34-18-23)27(16-19-6-2-1-3-7-19,21-9-5-10-22(15-21)28(30,31)32)36-26(37)35-24-11-4-8-20(14-24)17-33/h1-15,18H,16H2,(H2,35,36,37). The normalized spacial score (nSPS) is 12.7. The number of nitriles is 1. The largest absolute Gasteiger partial charge is 0.416 e. The summed E-state index contributed by atoms with van der Waals surface area (Å²) in [7, 11) is 0. The first kappa shape index (κ1) is 25.7. The Morgan fingerprint density at radius 3 is 2.32 bits per heavy atom. The molecular weight excluding hydrogens is 501 g/mol. The number of carbonyl (C=O) groups excluding carboxylic acids is 1. The van der Waals surface area contributed by atoms with Crippen LogP contribution in [0.25, 0.3) is 0 Å². The molecule has 0 bridgehead atoms. The molecule has 0 aliphatic heterocycles. The number of amides is 2. The first-order chi connectivity index (χ1) is 17.7. The molecule has 0 radical (unpaired) electrons. The van der Waals surface area contributed by atoms with E-state index in [2.05, 4.69) is 15.6 Å². The summed E-state index contributed by atoms with van der Waals surface area (Å²) in [5.74, 6) is 0. The number of pyridine rings is 1. The Labute approximate surface area is 216 Å². The third-order valence-electron chi connectivity index (χ3n) is 5.74. The van der Waals surface area contributed by atoms with Gasteiger partial charge in [0.05, 0.1) is 27.9 Å². The Bertz CT molecular complexity index is 1440. The van der Waals surface area contributed by atoms with Gasteiger partial charge in [-0.2, -0.15) is 18.4 Å². The first-order valence-corrected chi connectivity index (χ1v) is 11.5. The topological polar surface area (TPSA) is 77.8 Å². The molecule has 2 N–H and O–H groups in total. The van der Waals surface area contributed by atoms with Crippen molar-refractivity contribution in [2.45, 2.75) is 18.1 Å². The van der Waals surface area contributed by atoms with E-state index in [-0.39, 0.29) is 12.0 Å². The first-order valence-electron chi connectivity index (χ1n) is 11.1. The maximum atomic E-state index is 13.7. The highest BCUT2D eigenvalue weighted by Gasteiger charge is 2.40. The number of halogens is 4. The predicted molar refractivity (Wildman–Crippen MR) is 135 cm³/mol. The Morgan fingerprint density at radius 1 is 0.919 bits per heavy atom. The Kier molecular flexibility index (Phi) is 7.46. The molecule has 0 fully saturated rings. The minimum Gasteiger partial charge on any atom is -0.322 e. The number of urea groups is 1. The summed E-state index contributed by atoms with van der Waals surface area (Å²) >= 11 is 6.06. The Balaban J connectivity index is 1.86. The van der Waals surface area contributed by atoms with E-state index in [0.717, 1.165) is 17.7 Å². The lowest BCUT2D eigenvalue weighted by Crippen LogP contribution is -2.50. The van der Waals surface area contributed by atoms with Crippen LogP contribution in [0.15, 0.2) is 97.2 Å². The van der Waals surface area contributed by atoms with Crippen LogP contribution in [0.1, 0.15) is 27.9 Å². The van der Waals surface area contributed by atoms with Gasteiger partial charge in [0, 0.05) is 18.3 Å². The van der Waals surface area contributed by atoms with Gasteiger partial charge < -0.3 is 10.6 Å².